The Balaban J connectivity index is 0.000000378. The molecule has 1 heteroatoms. The third-order valence-electron chi connectivity index (χ3n) is 1.58. The van der Waals surface area contributed by atoms with Crippen LogP contribution in [0.5, 0.6) is 0 Å². The van der Waals surface area contributed by atoms with Gasteiger partial charge in [0.05, 0.1) is 5.70 Å². The van der Waals surface area contributed by atoms with Crippen molar-refractivity contribution in [3.63, 3.8) is 0 Å². The van der Waals surface area contributed by atoms with Gasteiger partial charge in [-0.2, -0.15) is 0 Å². The Bertz CT molecular complexity index is 264. The molecule has 0 aromatic carbocycles. The first-order valence-corrected chi connectivity index (χ1v) is 4.12. The standard InChI is InChI=1S/C8H7N.C2H6.H2/c1-2-4-8-7(3-1)5-6-9-8;1-2;/h1,3,9H,5-6H2;1-2H3;1H. The van der Waals surface area contributed by atoms with Gasteiger partial charge < -0.3 is 5.32 Å². The van der Waals surface area contributed by atoms with Gasteiger partial charge in [0.15, 0.2) is 0 Å². The lowest BCUT2D eigenvalue weighted by molar-refractivity contribution is 0.916. The van der Waals surface area contributed by atoms with E-state index < -0.39 is 0 Å². The largest absolute Gasteiger partial charge is 0.378 e. The van der Waals surface area contributed by atoms with E-state index >= 15 is 0 Å². The summed E-state index contributed by atoms with van der Waals surface area (Å²) in [5, 5.41) is 3.21. The van der Waals surface area contributed by atoms with Crippen molar-refractivity contribution in [2.24, 2.45) is 0 Å². The molecule has 0 radical (unpaired) electrons. The summed E-state index contributed by atoms with van der Waals surface area (Å²) in [5.74, 6) is 0. The maximum atomic E-state index is 3.21. The van der Waals surface area contributed by atoms with E-state index in [4.69, 9.17) is 0 Å². The minimum absolute atomic E-state index is 0. The lowest BCUT2D eigenvalue weighted by Crippen LogP contribution is -2.02. The minimum atomic E-state index is 0. The van der Waals surface area contributed by atoms with Gasteiger partial charge in [0.2, 0.25) is 0 Å². The van der Waals surface area contributed by atoms with Crippen molar-refractivity contribution in [2.45, 2.75) is 20.3 Å². The van der Waals surface area contributed by atoms with E-state index in [1.165, 1.54) is 5.57 Å². The number of rotatable bonds is 0. The van der Waals surface area contributed by atoms with Crippen molar-refractivity contribution in [3.8, 4) is 0 Å². The molecule has 11 heavy (non-hydrogen) atoms. The molecule has 1 heterocycles. The van der Waals surface area contributed by atoms with Crippen LogP contribution in [0.15, 0.2) is 34.9 Å². The average molecular weight is 149 g/mol. The van der Waals surface area contributed by atoms with Crippen LogP contribution < -0.4 is 5.32 Å². The first-order chi connectivity index (χ1) is 5.47. The Morgan fingerprint density at radius 1 is 1.55 bits per heavy atom. The quantitative estimate of drug-likeness (QED) is 0.521. The lowest BCUT2D eigenvalue weighted by atomic mass is 10.1. The maximum absolute atomic E-state index is 3.21. The molecule has 0 saturated carbocycles. The zero-order valence-corrected chi connectivity index (χ0v) is 7.07. The fourth-order valence-electron chi connectivity index (χ4n) is 1.11. The van der Waals surface area contributed by atoms with Gasteiger partial charge in [-0.05, 0) is 29.9 Å². The highest BCUT2D eigenvalue weighted by Crippen LogP contribution is 2.17. The van der Waals surface area contributed by atoms with E-state index in [1.54, 1.807) is 0 Å². The third kappa shape index (κ3) is 1.65. The van der Waals surface area contributed by atoms with Crippen LogP contribution in [-0.4, -0.2) is 6.54 Å². The minimum Gasteiger partial charge on any atom is -0.378 e. The molecule has 0 aromatic heterocycles. The van der Waals surface area contributed by atoms with Gasteiger partial charge in [0.25, 0.3) is 0 Å². The van der Waals surface area contributed by atoms with Crippen molar-refractivity contribution in [3.05, 3.63) is 34.9 Å². The first kappa shape index (κ1) is 7.94. The fourth-order valence-corrected chi connectivity index (χ4v) is 1.11. The normalized spacial score (nSPS) is 17.3. The third-order valence-corrected chi connectivity index (χ3v) is 1.58. The van der Waals surface area contributed by atoms with Gasteiger partial charge in [0, 0.05) is 7.97 Å². The van der Waals surface area contributed by atoms with Crippen molar-refractivity contribution in [1.29, 1.82) is 0 Å². The summed E-state index contributed by atoms with van der Waals surface area (Å²) in [6, 6.07) is 0. The van der Waals surface area contributed by atoms with Crippen LogP contribution >= 0.6 is 0 Å². The molecule has 2 rings (SSSR count). The van der Waals surface area contributed by atoms with Crippen molar-refractivity contribution < 1.29 is 1.43 Å². The maximum Gasteiger partial charge on any atom is 0.0890 e. The SMILES string of the molecule is C1=C=C2NCCC2=CC=1.CC.[HH]. The van der Waals surface area contributed by atoms with Gasteiger partial charge >= 0.3 is 0 Å². The lowest BCUT2D eigenvalue weighted by Gasteiger charge is -1.94. The van der Waals surface area contributed by atoms with E-state index in [0.717, 1.165) is 18.7 Å². The van der Waals surface area contributed by atoms with Crippen LogP contribution in [0.1, 0.15) is 21.7 Å². The predicted octanol–water partition coefficient (Wildman–Crippen LogP) is 2.39. The van der Waals surface area contributed by atoms with Crippen LogP contribution in [0.4, 0.5) is 0 Å². The van der Waals surface area contributed by atoms with E-state index in [9.17, 15) is 0 Å². The molecule has 1 aliphatic carbocycles. The van der Waals surface area contributed by atoms with E-state index in [2.05, 4.69) is 22.9 Å². The highest BCUT2D eigenvalue weighted by molar-refractivity contribution is 5.38. The molecular weight excluding hydrogens is 134 g/mol. The molecule has 0 atom stereocenters. The first-order valence-electron chi connectivity index (χ1n) is 4.12. The summed E-state index contributed by atoms with van der Waals surface area (Å²) in [7, 11) is 0. The zero-order valence-electron chi connectivity index (χ0n) is 7.07. The molecule has 0 bridgehead atoms. The van der Waals surface area contributed by atoms with E-state index in [0.29, 0.717) is 0 Å². The highest BCUT2D eigenvalue weighted by Gasteiger charge is 2.11. The van der Waals surface area contributed by atoms with Crippen molar-refractivity contribution in [1.82, 2.24) is 5.32 Å². The van der Waals surface area contributed by atoms with Gasteiger partial charge in [-0.3, -0.25) is 0 Å². The van der Waals surface area contributed by atoms with Gasteiger partial charge in [-0.1, -0.05) is 19.6 Å². The second-order valence-corrected chi connectivity index (χ2v) is 2.18. The monoisotopic (exact) mass is 149 g/mol. The second-order valence-electron chi connectivity index (χ2n) is 2.18. The van der Waals surface area contributed by atoms with Crippen LogP contribution in [0.25, 0.3) is 0 Å². The molecule has 1 fully saturated rings. The summed E-state index contributed by atoms with van der Waals surface area (Å²) >= 11 is 0. The summed E-state index contributed by atoms with van der Waals surface area (Å²) in [6.45, 7) is 5.06. The van der Waals surface area contributed by atoms with Crippen LogP contribution in [-0.2, 0) is 0 Å². The zero-order chi connectivity index (χ0) is 8.10. The van der Waals surface area contributed by atoms with Gasteiger partial charge in [-0.25, -0.2) is 0 Å². The summed E-state index contributed by atoms with van der Waals surface area (Å²) in [4.78, 5) is 0. The Morgan fingerprint density at radius 2 is 2.36 bits per heavy atom. The van der Waals surface area contributed by atoms with E-state index in [1.807, 2.05) is 19.9 Å². The Hall–Kier alpha value is -1.16. The molecule has 0 spiro atoms. The Labute approximate surface area is 69.3 Å². The smallest absolute Gasteiger partial charge is 0.0890 e. The molecule has 60 valence electrons. The van der Waals surface area contributed by atoms with Gasteiger partial charge in [-0.15, -0.1) is 0 Å². The van der Waals surface area contributed by atoms with Crippen molar-refractivity contribution in [2.75, 3.05) is 6.54 Å². The molecule has 2 aliphatic rings. The molecular formula is C10H15N. The van der Waals surface area contributed by atoms with Gasteiger partial charge in [0.1, 0.15) is 0 Å². The summed E-state index contributed by atoms with van der Waals surface area (Å²) in [5.41, 5.74) is 8.42. The van der Waals surface area contributed by atoms with Crippen LogP contribution in [0.3, 0.4) is 0 Å². The molecule has 1 N–H and O–H groups in total. The molecule has 0 aromatic rings. The Kier molecular flexibility index (Phi) is 2.80. The number of fused-ring (bicyclic) bond motifs is 1. The summed E-state index contributed by atoms with van der Waals surface area (Å²) < 4.78 is 0. The molecule has 1 aliphatic heterocycles. The predicted molar refractivity (Wildman–Crippen MR) is 49.3 cm³/mol. The van der Waals surface area contributed by atoms with Crippen molar-refractivity contribution >= 4 is 0 Å². The molecule has 0 unspecified atom stereocenters. The number of allylic oxidation sites excluding steroid dienone is 3. The molecule has 1 saturated heterocycles. The Morgan fingerprint density at radius 3 is 3.09 bits per heavy atom. The topological polar surface area (TPSA) is 12.0 Å². The van der Waals surface area contributed by atoms with E-state index in [-0.39, 0.29) is 1.43 Å². The fraction of sp³-hybridized carbons (Fsp3) is 0.400. The average Bonchev–Trinajstić information content (AvgIpc) is 2.55. The number of nitrogens with one attached hydrogen (secondary N) is 1. The van der Waals surface area contributed by atoms with Crippen LogP contribution in [0, 0.1) is 0 Å². The summed E-state index contributed by atoms with van der Waals surface area (Å²) in [6.07, 6.45) is 5.14. The highest BCUT2D eigenvalue weighted by atomic mass is 14.9. The second kappa shape index (κ2) is 3.88. The number of hydrogen-bond acceptors (Lipinski definition) is 1. The molecule has 0 amide bonds. The van der Waals surface area contributed by atoms with Crippen LogP contribution in [0.2, 0.25) is 0 Å². The molecule has 1 nitrogen and oxygen atoms in total. The number of hydrogen-bond donors (Lipinski definition) is 1.